The number of allylic oxidation sites excluding steroid dienone is 1. The monoisotopic (exact) mass is 348 g/mol. The van der Waals surface area contributed by atoms with Crippen LogP contribution in [-0.2, 0) is 6.61 Å². The summed E-state index contributed by atoms with van der Waals surface area (Å²) in [5, 5.41) is 0. The molecule has 0 unspecified atom stereocenters. The number of methoxy groups -OCH3 is 1. The number of rotatable bonds is 6. The van der Waals surface area contributed by atoms with E-state index in [9.17, 15) is 4.79 Å². The number of ether oxygens (including phenoxy) is 2. The molecule has 7 heteroatoms. The maximum Gasteiger partial charge on any atom is 0.213 e. The standard InChI is InChI=1S/C19H16N4O3/c1-25-18-8-14(11-24)16(10-21-18)26-12-15-19(13-5-6-20-9-13)23-7-3-2-4-17(23)22-15/h2-8,10-11H,9,12H2,1H3. The predicted molar refractivity (Wildman–Crippen MR) is 97.0 cm³/mol. The largest absolute Gasteiger partial charge is 0.485 e. The van der Waals surface area contributed by atoms with Gasteiger partial charge >= 0.3 is 0 Å². The fourth-order valence-corrected chi connectivity index (χ4v) is 2.89. The van der Waals surface area contributed by atoms with Gasteiger partial charge in [-0.05, 0) is 18.2 Å². The molecule has 130 valence electrons. The topological polar surface area (TPSA) is 78.1 Å². The minimum Gasteiger partial charge on any atom is -0.485 e. The Labute approximate surface area is 149 Å². The summed E-state index contributed by atoms with van der Waals surface area (Å²) >= 11 is 0. The number of aldehydes is 1. The molecule has 4 heterocycles. The lowest BCUT2D eigenvalue weighted by molar-refractivity contribution is 0.111. The zero-order valence-electron chi connectivity index (χ0n) is 14.1. The molecule has 3 aromatic heterocycles. The summed E-state index contributed by atoms with van der Waals surface area (Å²) < 4.78 is 12.9. The molecule has 0 fully saturated rings. The first-order valence-electron chi connectivity index (χ1n) is 8.07. The van der Waals surface area contributed by atoms with E-state index in [4.69, 9.17) is 9.47 Å². The summed E-state index contributed by atoms with van der Waals surface area (Å²) in [4.78, 5) is 24.3. The van der Waals surface area contributed by atoms with Crippen molar-refractivity contribution in [3.8, 4) is 11.6 Å². The Morgan fingerprint density at radius 2 is 2.27 bits per heavy atom. The summed E-state index contributed by atoms with van der Waals surface area (Å²) in [6.07, 6.45) is 7.94. The van der Waals surface area contributed by atoms with Crippen molar-refractivity contribution in [2.75, 3.05) is 13.7 Å². The third-order valence-corrected chi connectivity index (χ3v) is 4.12. The van der Waals surface area contributed by atoms with Crippen LogP contribution in [0.5, 0.6) is 11.6 Å². The summed E-state index contributed by atoms with van der Waals surface area (Å²) in [5.74, 6) is 0.751. The second-order valence-electron chi connectivity index (χ2n) is 5.69. The Hall–Kier alpha value is -3.48. The van der Waals surface area contributed by atoms with Crippen molar-refractivity contribution in [3.63, 3.8) is 0 Å². The highest BCUT2D eigenvalue weighted by Gasteiger charge is 2.18. The molecule has 0 N–H and O–H groups in total. The van der Waals surface area contributed by atoms with Gasteiger partial charge in [0, 0.05) is 24.1 Å². The molecule has 0 spiro atoms. The van der Waals surface area contributed by atoms with Crippen molar-refractivity contribution < 1.29 is 14.3 Å². The molecule has 0 bridgehead atoms. The molecule has 3 aromatic rings. The molecule has 26 heavy (non-hydrogen) atoms. The molecule has 1 aliphatic rings. The highest BCUT2D eigenvalue weighted by Crippen LogP contribution is 2.26. The Morgan fingerprint density at radius 3 is 3.04 bits per heavy atom. The minimum atomic E-state index is 0.212. The number of imidazole rings is 1. The van der Waals surface area contributed by atoms with Gasteiger partial charge < -0.3 is 9.47 Å². The molecule has 0 aliphatic carbocycles. The lowest BCUT2D eigenvalue weighted by atomic mass is 10.1. The average Bonchev–Trinajstić information content (AvgIpc) is 3.33. The van der Waals surface area contributed by atoms with Crippen LogP contribution < -0.4 is 9.47 Å². The van der Waals surface area contributed by atoms with Gasteiger partial charge in [0.1, 0.15) is 23.7 Å². The average molecular weight is 348 g/mol. The van der Waals surface area contributed by atoms with Crippen molar-refractivity contribution in [3.05, 3.63) is 59.7 Å². The van der Waals surface area contributed by atoms with Crippen molar-refractivity contribution in [1.82, 2.24) is 14.4 Å². The quantitative estimate of drug-likeness (QED) is 0.640. The van der Waals surface area contributed by atoms with Crippen LogP contribution in [0.3, 0.4) is 0 Å². The number of aromatic nitrogens is 3. The SMILES string of the molecule is COc1cc(C=O)c(OCc2nc3ccccn3c2C2=CC=NC2)cn1. The summed E-state index contributed by atoms with van der Waals surface area (Å²) in [6.45, 7) is 0.822. The van der Waals surface area contributed by atoms with Gasteiger partial charge in [0.2, 0.25) is 5.88 Å². The van der Waals surface area contributed by atoms with E-state index < -0.39 is 0 Å². The molecule has 0 atom stereocenters. The van der Waals surface area contributed by atoms with Crippen molar-refractivity contribution in [2.24, 2.45) is 4.99 Å². The first-order chi connectivity index (χ1) is 12.8. The fourth-order valence-electron chi connectivity index (χ4n) is 2.89. The van der Waals surface area contributed by atoms with Crippen molar-refractivity contribution in [2.45, 2.75) is 6.61 Å². The first-order valence-corrected chi connectivity index (χ1v) is 8.07. The van der Waals surface area contributed by atoms with Crippen LogP contribution in [0.4, 0.5) is 0 Å². The third-order valence-electron chi connectivity index (χ3n) is 4.12. The smallest absolute Gasteiger partial charge is 0.213 e. The molecule has 1 aliphatic heterocycles. The molecule has 0 aromatic carbocycles. The van der Waals surface area contributed by atoms with Crippen LogP contribution in [0.25, 0.3) is 11.2 Å². The maximum atomic E-state index is 11.3. The summed E-state index contributed by atoms with van der Waals surface area (Å²) in [5.41, 5.74) is 4.03. The van der Waals surface area contributed by atoms with Crippen LogP contribution in [0, 0.1) is 0 Å². The third kappa shape index (κ3) is 2.83. The van der Waals surface area contributed by atoms with E-state index in [-0.39, 0.29) is 6.61 Å². The zero-order valence-corrected chi connectivity index (χ0v) is 14.1. The molecule has 0 radical (unpaired) electrons. The molecule has 0 amide bonds. The Balaban J connectivity index is 1.68. The minimum absolute atomic E-state index is 0.212. The summed E-state index contributed by atoms with van der Waals surface area (Å²) in [6, 6.07) is 7.38. The van der Waals surface area contributed by atoms with Gasteiger partial charge in [0.05, 0.1) is 31.1 Å². The Kier molecular flexibility index (Phi) is 4.18. The second-order valence-corrected chi connectivity index (χ2v) is 5.69. The fraction of sp³-hybridized carbons (Fsp3) is 0.158. The number of aliphatic imine (C=N–C) groups is 1. The van der Waals surface area contributed by atoms with E-state index >= 15 is 0 Å². The molecule has 7 nitrogen and oxygen atoms in total. The number of carbonyl (C=O) groups is 1. The van der Waals surface area contributed by atoms with E-state index in [1.54, 1.807) is 12.3 Å². The van der Waals surface area contributed by atoms with Crippen molar-refractivity contribution >= 4 is 23.7 Å². The van der Waals surface area contributed by atoms with Crippen LogP contribution in [-0.4, -0.2) is 40.5 Å². The van der Waals surface area contributed by atoms with Gasteiger partial charge in [0.25, 0.3) is 0 Å². The molecular weight excluding hydrogens is 332 g/mol. The molecule has 0 saturated carbocycles. The van der Waals surface area contributed by atoms with Crippen LogP contribution >= 0.6 is 0 Å². The zero-order chi connectivity index (χ0) is 17.9. The van der Waals surface area contributed by atoms with Gasteiger partial charge in [-0.15, -0.1) is 0 Å². The van der Waals surface area contributed by atoms with Crippen LogP contribution in [0.2, 0.25) is 0 Å². The first kappa shape index (κ1) is 16.0. The number of carbonyl (C=O) groups excluding carboxylic acids is 1. The van der Waals surface area contributed by atoms with Gasteiger partial charge in [-0.3, -0.25) is 14.2 Å². The second kappa shape index (κ2) is 6.79. The van der Waals surface area contributed by atoms with Crippen LogP contribution in [0.15, 0.2) is 47.7 Å². The number of nitrogens with zero attached hydrogens (tertiary/aromatic N) is 4. The van der Waals surface area contributed by atoms with Gasteiger partial charge in [-0.2, -0.15) is 0 Å². The number of hydrogen-bond acceptors (Lipinski definition) is 6. The van der Waals surface area contributed by atoms with Gasteiger partial charge in [0.15, 0.2) is 6.29 Å². The van der Waals surface area contributed by atoms with E-state index in [0.29, 0.717) is 23.7 Å². The lowest BCUT2D eigenvalue weighted by Crippen LogP contribution is -2.04. The van der Waals surface area contributed by atoms with E-state index in [1.807, 2.05) is 34.9 Å². The van der Waals surface area contributed by atoms with E-state index in [1.165, 1.54) is 13.3 Å². The normalized spacial score (nSPS) is 13.0. The van der Waals surface area contributed by atoms with E-state index in [2.05, 4.69) is 15.0 Å². The lowest BCUT2D eigenvalue weighted by Gasteiger charge is -2.10. The summed E-state index contributed by atoms with van der Waals surface area (Å²) in [7, 11) is 1.50. The maximum absolute atomic E-state index is 11.3. The van der Waals surface area contributed by atoms with E-state index in [0.717, 1.165) is 28.9 Å². The van der Waals surface area contributed by atoms with Gasteiger partial charge in [-0.25, -0.2) is 9.97 Å². The number of hydrogen-bond donors (Lipinski definition) is 0. The highest BCUT2D eigenvalue weighted by atomic mass is 16.5. The molecule has 4 rings (SSSR count). The number of pyridine rings is 2. The number of fused-ring (bicyclic) bond motifs is 1. The van der Waals surface area contributed by atoms with Crippen molar-refractivity contribution in [1.29, 1.82) is 0 Å². The predicted octanol–water partition coefficient (Wildman–Crippen LogP) is 2.60. The Morgan fingerprint density at radius 1 is 1.35 bits per heavy atom. The highest BCUT2D eigenvalue weighted by molar-refractivity contribution is 5.90. The molecule has 0 saturated heterocycles. The van der Waals surface area contributed by atoms with Crippen LogP contribution in [0.1, 0.15) is 21.7 Å². The molecular formula is C19H16N4O3. The Bertz CT molecular complexity index is 1040. The van der Waals surface area contributed by atoms with Gasteiger partial charge in [-0.1, -0.05) is 6.07 Å².